The van der Waals surface area contributed by atoms with Crippen LogP contribution in [0.5, 0.6) is 0 Å². The molecule has 1 fully saturated rings. The normalized spacial score (nSPS) is 21.0. The molecule has 3 heterocycles. The molecule has 2 aromatic rings. The van der Waals surface area contributed by atoms with Crippen molar-refractivity contribution in [1.29, 1.82) is 0 Å². The number of benzene rings is 1. The third-order valence-electron chi connectivity index (χ3n) is 4.79. The van der Waals surface area contributed by atoms with Crippen molar-refractivity contribution in [3.8, 4) is 0 Å². The van der Waals surface area contributed by atoms with Gasteiger partial charge in [-0.3, -0.25) is 4.90 Å². The molecule has 1 atom stereocenters. The highest BCUT2D eigenvalue weighted by Crippen LogP contribution is 2.26. The fraction of sp³-hybridized carbons (Fsp3) is 0.444. The number of fused-ring (bicyclic) bond motifs is 1. The molecule has 1 aromatic heterocycles. The summed E-state index contributed by atoms with van der Waals surface area (Å²) in [5, 5.41) is 4.69. The van der Waals surface area contributed by atoms with E-state index in [9.17, 15) is 0 Å². The Morgan fingerprint density at radius 3 is 2.96 bits per heavy atom. The summed E-state index contributed by atoms with van der Waals surface area (Å²) in [6, 6.07) is 6.19. The van der Waals surface area contributed by atoms with E-state index < -0.39 is 0 Å². The second kappa shape index (κ2) is 6.96. The number of nitrogens with zero attached hydrogens (tertiary/aromatic N) is 3. The minimum Gasteiger partial charge on any atom is -0.307 e. The minimum absolute atomic E-state index is 0.338. The molecule has 6 heteroatoms. The van der Waals surface area contributed by atoms with Crippen molar-refractivity contribution in [2.45, 2.75) is 38.4 Å². The zero-order chi connectivity index (χ0) is 16.5. The monoisotopic (exact) mass is 362 g/mol. The Balaban J connectivity index is 1.46. The van der Waals surface area contributed by atoms with Crippen molar-refractivity contribution in [3.63, 3.8) is 0 Å². The van der Waals surface area contributed by atoms with E-state index in [0.29, 0.717) is 16.1 Å². The Morgan fingerprint density at radius 1 is 1.25 bits per heavy atom. The average molecular weight is 363 g/mol. The van der Waals surface area contributed by atoms with Gasteiger partial charge in [-0.25, -0.2) is 9.97 Å². The first-order valence-electron chi connectivity index (χ1n) is 8.43. The summed E-state index contributed by atoms with van der Waals surface area (Å²) in [6.07, 6.45) is 5.34. The molecule has 0 aliphatic carbocycles. The summed E-state index contributed by atoms with van der Waals surface area (Å²) in [5.41, 5.74) is 3.63. The molecule has 0 amide bonds. The zero-order valence-electron chi connectivity index (χ0n) is 13.4. The Morgan fingerprint density at radius 2 is 2.17 bits per heavy atom. The van der Waals surface area contributed by atoms with Crippen LogP contribution in [0.15, 0.2) is 24.4 Å². The summed E-state index contributed by atoms with van der Waals surface area (Å²) >= 11 is 12.1. The third kappa shape index (κ3) is 3.42. The van der Waals surface area contributed by atoms with Crippen molar-refractivity contribution >= 4 is 23.2 Å². The molecule has 4 rings (SSSR count). The van der Waals surface area contributed by atoms with Crippen LogP contribution in [0.4, 0.5) is 0 Å². The number of aromatic nitrogens is 2. The smallest absolute Gasteiger partial charge is 0.145 e. The van der Waals surface area contributed by atoms with Crippen molar-refractivity contribution in [1.82, 2.24) is 20.2 Å². The van der Waals surface area contributed by atoms with Gasteiger partial charge in [0.05, 0.1) is 16.1 Å². The van der Waals surface area contributed by atoms with Crippen molar-refractivity contribution in [2.24, 2.45) is 0 Å². The van der Waals surface area contributed by atoms with Crippen molar-refractivity contribution < 1.29 is 0 Å². The van der Waals surface area contributed by atoms with Gasteiger partial charge < -0.3 is 5.32 Å². The Labute approximate surface area is 152 Å². The number of rotatable bonds is 3. The van der Waals surface area contributed by atoms with Gasteiger partial charge in [0.15, 0.2) is 0 Å². The Hall–Kier alpha value is -1.20. The molecule has 2 aliphatic rings. The van der Waals surface area contributed by atoms with Crippen LogP contribution < -0.4 is 5.32 Å². The number of hydrogen-bond donors (Lipinski definition) is 1. The topological polar surface area (TPSA) is 41.1 Å². The van der Waals surface area contributed by atoms with Gasteiger partial charge in [0.1, 0.15) is 5.82 Å². The van der Waals surface area contributed by atoms with E-state index in [1.807, 2.05) is 24.4 Å². The number of halogens is 2. The van der Waals surface area contributed by atoms with Gasteiger partial charge in [-0.1, -0.05) is 29.3 Å². The van der Waals surface area contributed by atoms with E-state index in [0.717, 1.165) is 44.8 Å². The third-order valence-corrected chi connectivity index (χ3v) is 5.53. The first-order chi connectivity index (χ1) is 11.7. The van der Waals surface area contributed by atoms with E-state index >= 15 is 0 Å². The van der Waals surface area contributed by atoms with Crippen LogP contribution in [0.3, 0.4) is 0 Å². The highest BCUT2D eigenvalue weighted by Gasteiger charge is 2.23. The fourth-order valence-electron chi connectivity index (χ4n) is 3.49. The van der Waals surface area contributed by atoms with Crippen molar-refractivity contribution in [2.75, 3.05) is 13.1 Å². The average Bonchev–Trinajstić information content (AvgIpc) is 3.12. The number of nitrogens with one attached hydrogen (secondary N) is 1. The molecule has 4 nitrogen and oxygen atoms in total. The van der Waals surface area contributed by atoms with E-state index in [4.69, 9.17) is 28.2 Å². The maximum absolute atomic E-state index is 6.12. The van der Waals surface area contributed by atoms with Crippen LogP contribution in [0.1, 0.15) is 41.5 Å². The maximum atomic E-state index is 6.12. The van der Waals surface area contributed by atoms with Crippen LogP contribution in [0.25, 0.3) is 0 Å². The van der Waals surface area contributed by atoms with Gasteiger partial charge in [-0.2, -0.15) is 0 Å². The quantitative estimate of drug-likeness (QED) is 0.902. The van der Waals surface area contributed by atoms with Crippen LogP contribution >= 0.6 is 23.2 Å². The molecular formula is C18H20Cl2N4. The first kappa shape index (κ1) is 16.3. The molecule has 0 bridgehead atoms. The summed E-state index contributed by atoms with van der Waals surface area (Å²) in [5.74, 6) is 0.962. The van der Waals surface area contributed by atoms with E-state index in [-0.39, 0.29) is 0 Å². The van der Waals surface area contributed by atoms with Gasteiger partial charge in [-0.15, -0.1) is 0 Å². The van der Waals surface area contributed by atoms with Gasteiger partial charge in [0.25, 0.3) is 0 Å². The second-order valence-electron chi connectivity index (χ2n) is 6.56. The molecule has 0 saturated carbocycles. The lowest BCUT2D eigenvalue weighted by atomic mass is 10.1. The largest absolute Gasteiger partial charge is 0.307 e. The summed E-state index contributed by atoms with van der Waals surface area (Å²) in [7, 11) is 0. The molecule has 1 N–H and O–H groups in total. The molecule has 126 valence electrons. The second-order valence-corrected chi connectivity index (χ2v) is 7.37. The van der Waals surface area contributed by atoms with Gasteiger partial charge in [-0.05, 0) is 37.1 Å². The summed E-state index contributed by atoms with van der Waals surface area (Å²) in [6.45, 7) is 3.82. The molecular weight excluding hydrogens is 343 g/mol. The Bertz CT molecular complexity index is 744. The SMILES string of the molecule is Clc1ccc(CN2CCc3nc([C@@H]4CCCN4)ncc3C2)cc1Cl. The van der Waals surface area contributed by atoms with Crippen LogP contribution in [0.2, 0.25) is 10.0 Å². The predicted octanol–water partition coefficient (Wildman–Crippen LogP) is 3.77. The van der Waals surface area contributed by atoms with E-state index in [2.05, 4.69) is 15.2 Å². The highest BCUT2D eigenvalue weighted by molar-refractivity contribution is 6.42. The molecule has 1 saturated heterocycles. The molecule has 0 spiro atoms. The van der Waals surface area contributed by atoms with Gasteiger partial charge in [0, 0.05) is 43.5 Å². The zero-order valence-corrected chi connectivity index (χ0v) is 14.9. The molecule has 1 aromatic carbocycles. The lowest BCUT2D eigenvalue weighted by molar-refractivity contribution is 0.242. The predicted molar refractivity (Wildman–Crippen MR) is 96.3 cm³/mol. The minimum atomic E-state index is 0.338. The van der Waals surface area contributed by atoms with Crippen LogP contribution in [0, 0.1) is 0 Å². The number of hydrogen-bond acceptors (Lipinski definition) is 4. The van der Waals surface area contributed by atoms with Crippen LogP contribution in [-0.4, -0.2) is 28.0 Å². The van der Waals surface area contributed by atoms with E-state index in [1.54, 1.807) is 0 Å². The first-order valence-corrected chi connectivity index (χ1v) is 9.19. The van der Waals surface area contributed by atoms with Gasteiger partial charge >= 0.3 is 0 Å². The standard InChI is InChI=1S/C18H20Cl2N4/c19-14-4-3-12(8-15(14)20)10-24-7-5-16-13(11-24)9-22-18(23-16)17-2-1-6-21-17/h3-4,8-9,17,21H,1-2,5-7,10-11H2/t17-/m0/s1. The van der Waals surface area contributed by atoms with Gasteiger partial charge in [0.2, 0.25) is 0 Å². The lowest BCUT2D eigenvalue weighted by Crippen LogP contribution is -2.31. The van der Waals surface area contributed by atoms with E-state index in [1.165, 1.54) is 23.2 Å². The molecule has 0 radical (unpaired) electrons. The van der Waals surface area contributed by atoms with Crippen LogP contribution in [-0.2, 0) is 19.5 Å². The molecule has 24 heavy (non-hydrogen) atoms. The lowest BCUT2D eigenvalue weighted by Gasteiger charge is -2.28. The molecule has 2 aliphatic heterocycles. The van der Waals surface area contributed by atoms with Crippen molar-refractivity contribution in [3.05, 3.63) is 57.1 Å². The Kier molecular flexibility index (Phi) is 4.72. The highest BCUT2D eigenvalue weighted by atomic mass is 35.5. The summed E-state index contributed by atoms with van der Waals surface area (Å²) in [4.78, 5) is 11.8. The fourth-order valence-corrected chi connectivity index (χ4v) is 3.81. The summed E-state index contributed by atoms with van der Waals surface area (Å²) < 4.78 is 0. The molecule has 0 unspecified atom stereocenters. The maximum Gasteiger partial charge on any atom is 0.145 e.